The Morgan fingerprint density at radius 1 is 1.54 bits per heavy atom. The molecule has 1 rings (SSSR count). The minimum Gasteiger partial charge on any atom is -1.00 e. The normalized spacial score (nSPS) is 9.08. The van der Waals surface area contributed by atoms with Crippen LogP contribution in [0.2, 0.25) is 0 Å². The van der Waals surface area contributed by atoms with Crippen LogP contribution < -0.4 is 17.0 Å². The number of aromatic carboxylic acids is 1. The van der Waals surface area contributed by atoms with Gasteiger partial charge in [-0.25, -0.2) is 9.36 Å². The maximum atomic E-state index is 10.5. The predicted octanol–water partition coefficient (Wildman–Crippen LogP) is -2.77. The molecule has 0 radical (unpaired) electrons. The standard InChI is InChI=1S/C8H9NO3.ClH/c1-5-7(10)6(8(11)12)3-4-9(5)2;/h3-4H,1-2H3,(H-,10,11,12);1H. The molecule has 0 aliphatic rings. The van der Waals surface area contributed by atoms with Crippen molar-refractivity contribution in [1.82, 2.24) is 0 Å². The fourth-order valence-corrected chi connectivity index (χ4v) is 0.912. The van der Waals surface area contributed by atoms with Crippen molar-refractivity contribution >= 4 is 5.97 Å². The summed E-state index contributed by atoms with van der Waals surface area (Å²) in [5, 5.41) is 18.0. The molecular formula is C8H10ClNO3. The molecule has 0 aliphatic carbocycles. The summed E-state index contributed by atoms with van der Waals surface area (Å²) in [6.07, 6.45) is 1.60. The fourth-order valence-electron chi connectivity index (χ4n) is 0.912. The highest BCUT2D eigenvalue weighted by molar-refractivity contribution is 5.90. The Balaban J connectivity index is 0.00000144. The van der Waals surface area contributed by atoms with Crippen molar-refractivity contribution in [2.45, 2.75) is 6.92 Å². The Morgan fingerprint density at radius 3 is 2.54 bits per heavy atom. The summed E-state index contributed by atoms with van der Waals surface area (Å²) in [6.45, 7) is 1.65. The topological polar surface area (TPSA) is 61.4 Å². The Morgan fingerprint density at radius 2 is 2.08 bits per heavy atom. The second-order valence-corrected chi connectivity index (χ2v) is 2.58. The van der Waals surface area contributed by atoms with Crippen molar-refractivity contribution in [3.8, 4) is 5.75 Å². The molecule has 0 bridgehead atoms. The molecule has 0 atom stereocenters. The number of rotatable bonds is 1. The van der Waals surface area contributed by atoms with Gasteiger partial charge in [0, 0.05) is 13.0 Å². The van der Waals surface area contributed by atoms with Crippen LogP contribution in [0.5, 0.6) is 5.75 Å². The number of nitrogens with zero attached hydrogens (tertiary/aromatic N) is 1. The molecule has 1 aromatic rings. The molecule has 0 amide bonds. The first-order valence-corrected chi connectivity index (χ1v) is 3.45. The molecule has 0 unspecified atom stereocenters. The number of pyridine rings is 1. The average molecular weight is 204 g/mol. The summed E-state index contributed by atoms with van der Waals surface area (Å²) >= 11 is 0. The third kappa shape index (κ3) is 2.09. The lowest BCUT2D eigenvalue weighted by atomic mass is 10.2. The molecule has 0 saturated heterocycles. The molecular weight excluding hydrogens is 194 g/mol. The van der Waals surface area contributed by atoms with E-state index in [1.165, 1.54) is 6.07 Å². The first-order valence-electron chi connectivity index (χ1n) is 3.45. The van der Waals surface area contributed by atoms with Gasteiger partial charge in [-0.3, -0.25) is 0 Å². The van der Waals surface area contributed by atoms with Gasteiger partial charge in [0.15, 0.2) is 11.9 Å². The lowest BCUT2D eigenvalue weighted by molar-refractivity contribution is -0.678. The van der Waals surface area contributed by atoms with E-state index in [1.54, 1.807) is 24.7 Å². The van der Waals surface area contributed by atoms with Crippen LogP contribution in [-0.2, 0) is 7.05 Å². The van der Waals surface area contributed by atoms with Crippen LogP contribution in [0, 0.1) is 6.92 Å². The van der Waals surface area contributed by atoms with Gasteiger partial charge < -0.3 is 22.6 Å². The summed E-state index contributed by atoms with van der Waals surface area (Å²) in [4.78, 5) is 10.5. The first-order chi connectivity index (χ1) is 5.54. The number of carbonyl (C=O) groups is 1. The number of aromatic hydroxyl groups is 1. The maximum Gasteiger partial charge on any atom is 0.339 e. The lowest BCUT2D eigenvalue weighted by Gasteiger charge is -1.99. The number of hydrogen-bond donors (Lipinski definition) is 2. The quantitative estimate of drug-likeness (QED) is 0.486. The SMILES string of the molecule is Cc1c(O)c(C(=O)O)cc[n+]1C.[Cl-]. The van der Waals surface area contributed by atoms with Crippen molar-refractivity contribution in [3.05, 3.63) is 23.5 Å². The molecule has 0 aromatic carbocycles. The smallest absolute Gasteiger partial charge is 0.339 e. The number of carboxylic acid groups (broad SMARTS) is 1. The van der Waals surface area contributed by atoms with E-state index in [0.29, 0.717) is 5.69 Å². The molecule has 4 nitrogen and oxygen atoms in total. The second-order valence-electron chi connectivity index (χ2n) is 2.58. The zero-order chi connectivity index (χ0) is 9.30. The van der Waals surface area contributed by atoms with Crippen LogP contribution in [0.25, 0.3) is 0 Å². The molecule has 0 fully saturated rings. The predicted molar refractivity (Wildman–Crippen MR) is 41.0 cm³/mol. The van der Waals surface area contributed by atoms with Gasteiger partial charge in [0.1, 0.15) is 12.6 Å². The van der Waals surface area contributed by atoms with E-state index in [9.17, 15) is 9.90 Å². The fraction of sp³-hybridized carbons (Fsp3) is 0.250. The Kier molecular flexibility index (Phi) is 3.69. The minimum atomic E-state index is -1.11. The Bertz CT molecular complexity index is 338. The van der Waals surface area contributed by atoms with Gasteiger partial charge >= 0.3 is 5.97 Å². The average Bonchev–Trinajstić information content (AvgIpc) is 2.00. The zero-order valence-electron chi connectivity index (χ0n) is 7.28. The number of aromatic nitrogens is 1. The third-order valence-electron chi connectivity index (χ3n) is 1.82. The van der Waals surface area contributed by atoms with Gasteiger partial charge in [0.2, 0.25) is 5.69 Å². The van der Waals surface area contributed by atoms with Gasteiger partial charge in [-0.05, 0) is 0 Å². The summed E-state index contributed by atoms with van der Waals surface area (Å²) in [7, 11) is 1.74. The van der Waals surface area contributed by atoms with Gasteiger partial charge in [0.05, 0.1) is 0 Å². The van der Waals surface area contributed by atoms with Gasteiger partial charge in [0.25, 0.3) is 0 Å². The van der Waals surface area contributed by atoms with E-state index in [4.69, 9.17) is 5.11 Å². The number of hydrogen-bond acceptors (Lipinski definition) is 2. The Hall–Kier alpha value is -1.29. The van der Waals surface area contributed by atoms with Crippen LogP contribution in [0.15, 0.2) is 12.3 Å². The zero-order valence-corrected chi connectivity index (χ0v) is 8.04. The lowest BCUT2D eigenvalue weighted by Crippen LogP contribution is -3.00. The highest BCUT2D eigenvalue weighted by Gasteiger charge is 2.17. The molecule has 1 aromatic heterocycles. The van der Waals surface area contributed by atoms with Gasteiger partial charge in [-0.1, -0.05) is 0 Å². The molecule has 5 heteroatoms. The molecule has 72 valence electrons. The summed E-state index contributed by atoms with van der Waals surface area (Å²) in [6, 6.07) is 1.37. The molecule has 0 aliphatic heterocycles. The van der Waals surface area contributed by atoms with E-state index in [0.717, 1.165) is 0 Å². The van der Waals surface area contributed by atoms with E-state index >= 15 is 0 Å². The summed E-state index contributed by atoms with van der Waals surface area (Å²) < 4.78 is 1.65. The third-order valence-corrected chi connectivity index (χ3v) is 1.82. The molecule has 2 N–H and O–H groups in total. The summed E-state index contributed by atoms with van der Waals surface area (Å²) in [5.41, 5.74) is 0.473. The van der Waals surface area contributed by atoms with Crippen LogP contribution in [0.4, 0.5) is 0 Å². The number of halogens is 1. The van der Waals surface area contributed by atoms with Crippen molar-refractivity contribution in [3.63, 3.8) is 0 Å². The first kappa shape index (κ1) is 11.7. The highest BCUT2D eigenvalue weighted by atomic mass is 35.5. The maximum absolute atomic E-state index is 10.5. The van der Waals surface area contributed by atoms with E-state index < -0.39 is 5.97 Å². The van der Waals surface area contributed by atoms with Gasteiger partial charge in [-0.2, -0.15) is 0 Å². The van der Waals surface area contributed by atoms with E-state index in [-0.39, 0.29) is 23.7 Å². The minimum absolute atomic E-state index is 0. The Labute approximate surface area is 81.9 Å². The monoisotopic (exact) mass is 203 g/mol. The number of aryl methyl sites for hydroxylation is 1. The van der Waals surface area contributed by atoms with Crippen LogP contribution in [0.1, 0.15) is 16.1 Å². The largest absolute Gasteiger partial charge is 1.00 e. The highest BCUT2D eigenvalue weighted by Crippen LogP contribution is 2.17. The van der Waals surface area contributed by atoms with Crippen LogP contribution in [-0.4, -0.2) is 16.2 Å². The molecule has 0 spiro atoms. The second kappa shape index (κ2) is 4.09. The summed E-state index contributed by atoms with van der Waals surface area (Å²) in [5.74, 6) is -1.29. The van der Waals surface area contributed by atoms with Crippen molar-refractivity contribution in [2.75, 3.05) is 0 Å². The molecule has 1 heterocycles. The molecule has 13 heavy (non-hydrogen) atoms. The van der Waals surface area contributed by atoms with E-state index in [1.807, 2.05) is 0 Å². The van der Waals surface area contributed by atoms with Crippen molar-refractivity contribution in [1.29, 1.82) is 0 Å². The van der Waals surface area contributed by atoms with Crippen LogP contribution in [0.3, 0.4) is 0 Å². The van der Waals surface area contributed by atoms with Crippen LogP contribution >= 0.6 is 0 Å². The van der Waals surface area contributed by atoms with Gasteiger partial charge in [-0.15, -0.1) is 0 Å². The van der Waals surface area contributed by atoms with Crippen molar-refractivity contribution < 1.29 is 32.0 Å². The molecule has 0 saturated carbocycles. The van der Waals surface area contributed by atoms with Crippen molar-refractivity contribution in [2.24, 2.45) is 7.05 Å². The number of carboxylic acids is 1. The van der Waals surface area contributed by atoms with E-state index in [2.05, 4.69) is 0 Å².